The molecule has 0 aliphatic carbocycles. The highest BCUT2D eigenvalue weighted by molar-refractivity contribution is 5.98. The van der Waals surface area contributed by atoms with Crippen molar-refractivity contribution in [1.29, 1.82) is 5.26 Å². The Kier molecular flexibility index (Phi) is 4.00. The lowest BCUT2D eigenvalue weighted by Crippen LogP contribution is -2.26. The number of nitrogens with one attached hydrogen (secondary N) is 1. The zero-order valence-corrected chi connectivity index (χ0v) is 11.2. The van der Waals surface area contributed by atoms with Gasteiger partial charge >= 0.3 is 0 Å². The van der Waals surface area contributed by atoms with E-state index in [1.54, 1.807) is 36.2 Å². The van der Waals surface area contributed by atoms with Gasteiger partial charge in [-0.25, -0.2) is 0 Å². The minimum absolute atomic E-state index is 0.0103. The maximum absolute atomic E-state index is 12.1. The van der Waals surface area contributed by atoms with Crippen LogP contribution in [0, 0.1) is 21.4 Å². The Balaban J connectivity index is 2.15. The number of nitriles is 1. The molecule has 0 fully saturated rings. The third-order valence-corrected chi connectivity index (χ3v) is 3.00. The fourth-order valence-corrected chi connectivity index (χ4v) is 1.94. The highest BCUT2D eigenvalue weighted by Crippen LogP contribution is 2.19. The lowest BCUT2D eigenvalue weighted by atomic mass is 10.1. The van der Waals surface area contributed by atoms with Gasteiger partial charge in [0.1, 0.15) is 6.07 Å². The van der Waals surface area contributed by atoms with Gasteiger partial charge in [-0.15, -0.1) is 0 Å². The van der Waals surface area contributed by atoms with Crippen LogP contribution < -0.4 is 4.90 Å². The van der Waals surface area contributed by atoms with E-state index >= 15 is 0 Å². The van der Waals surface area contributed by atoms with Gasteiger partial charge in [0, 0.05) is 13.1 Å². The lowest BCUT2D eigenvalue weighted by molar-refractivity contribution is -0.384. The third-order valence-electron chi connectivity index (χ3n) is 3.00. The van der Waals surface area contributed by atoms with E-state index in [0.717, 1.165) is 0 Å². The first-order chi connectivity index (χ1) is 10.0. The van der Waals surface area contributed by atoms with Gasteiger partial charge in [-0.2, -0.15) is 5.26 Å². The van der Waals surface area contributed by atoms with Crippen molar-refractivity contribution in [3.8, 4) is 6.07 Å². The quantitative estimate of drug-likeness (QED) is 0.514. The summed E-state index contributed by atoms with van der Waals surface area (Å²) in [5.74, 6) is -0.293. The zero-order valence-electron chi connectivity index (χ0n) is 11.2. The summed E-state index contributed by atoms with van der Waals surface area (Å²) in [6.07, 6.45) is 1.18. The first kappa shape index (κ1) is 14.3. The molecule has 106 valence electrons. The minimum Gasteiger partial charge on any atom is -0.366 e. The van der Waals surface area contributed by atoms with E-state index in [4.69, 9.17) is 5.26 Å². The summed E-state index contributed by atoms with van der Waals surface area (Å²) in [4.78, 5) is 26.3. The largest absolute Gasteiger partial charge is 0.366 e. The van der Waals surface area contributed by atoms with Crippen LogP contribution in [0.3, 0.4) is 0 Å². The number of H-pyrrole nitrogens is 1. The molecule has 21 heavy (non-hydrogen) atoms. The summed E-state index contributed by atoms with van der Waals surface area (Å²) in [5, 5.41) is 19.6. The Morgan fingerprint density at radius 1 is 1.48 bits per heavy atom. The van der Waals surface area contributed by atoms with Gasteiger partial charge in [0.2, 0.25) is 0 Å². The van der Waals surface area contributed by atoms with Crippen LogP contribution in [-0.4, -0.2) is 29.3 Å². The number of carbonyl (C=O) groups excluding carboxylic acids is 1. The molecule has 0 amide bonds. The summed E-state index contributed by atoms with van der Waals surface area (Å²) in [5.41, 5.74) is 1.11. The standard InChI is InChI=1S/C14H12N4O3/c1-17(13-5-3-2-4-10(13)7-15)9-14(19)12-6-11(8-16-12)18(20)21/h2-6,8,16H,9H2,1H3. The number of rotatable bonds is 5. The molecule has 0 atom stereocenters. The molecule has 1 N–H and O–H groups in total. The number of likely N-dealkylation sites (N-methyl/N-ethyl adjacent to an activating group) is 1. The van der Waals surface area contributed by atoms with Crippen LogP contribution in [-0.2, 0) is 0 Å². The number of aromatic nitrogens is 1. The number of Topliss-reactive ketones (excluding diaryl/α,β-unsaturated/α-hetero) is 1. The summed E-state index contributed by atoms with van der Waals surface area (Å²) in [6, 6.07) is 10.2. The van der Waals surface area contributed by atoms with E-state index in [1.807, 2.05) is 0 Å². The van der Waals surface area contributed by atoms with E-state index in [9.17, 15) is 14.9 Å². The number of para-hydroxylation sites is 1. The van der Waals surface area contributed by atoms with E-state index in [1.165, 1.54) is 12.3 Å². The number of ketones is 1. The number of benzene rings is 1. The van der Waals surface area contributed by atoms with Crippen LogP contribution in [0.2, 0.25) is 0 Å². The van der Waals surface area contributed by atoms with Crippen molar-refractivity contribution in [3.63, 3.8) is 0 Å². The first-order valence-corrected chi connectivity index (χ1v) is 6.09. The molecule has 2 aromatic rings. The Labute approximate surface area is 120 Å². The van der Waals surface area contributed by atoms with Gasteiger partial charge in [-0.3, -0.25) is 14.9 Å². The minimum atomic E-state index is -0.567. The van der Waals surface area contributed by atoms with E-state index in [2.05, 4.69) is 11.1 Å². The molecule has 7 nitrogen and oxygen atoms in total. The molecule has 1 heterocycles. The molecule has 2 rings (SSSR count). The maximum Gasteiger partial charge on any atom is 0.287 e. The molecule has 0 radical (unpaired) electrons. The summed E-state index contributed by atoms with van der Waals surface area (Å²) in [7, 11) is 1.69. The summed E-state index contributed by atoms with van der Waals surface area (Å²) in [6.45, 7) is 0.0103. The Morgan fingerprint density at radius 3 is 2.81 bits per heavy atom. The summed E-state index contributed by atoms with van der Waals surface area (Å²) < 4.78 is 0. The number of carbonyl (C=O) groups is 1. The molecule has 0 aliphatic rings. The van der Waals surface area contributed by atoms with Crippen molar-refractivity contribution in [2.75, 3.05) is 18.5 Å². The van der Waals surface area contributed by atoms with Crippen molar-refractivity contribution in [2.24, 2.45) is 0 Å². The number of aromatic amines is 1. The molecular formula is C14H12N4O3. The van der Waals surface area contributed by atoms with E-state index in [-0.39, 0.29) is 23.7 Å². The fraction of sp³-hybridized carbons (Fsp3) is 0.143. The van der Waals surface area contributed by atoms with Gasteiger partial charge in [0.15, 0.2) is 5.78 Å². The van der Waals surface area contributed by atoms with E-state index < -0.39 is 4.92 Å². The number of hydrogen-bond acceptors (Lipinski definition) is 5. The Hall–Kier alpha value is -3.14. The van der Waals surface area contributed by atoms with Crippen molar-refractivity contribution in [1.82, 2.24) is 4.98 Å². The van der Waals surface area contributed by atoms with Crippen molar-refractivity contribution >= 4 is 17.2 Å². The highest BCUT2D eigenvalue weighted by Gasteiger charge is 2.17. The topological polar surface area (TPSA) is 103 Å². The molecule has 1 aromatic carbocycles. The first-order valence-electron chi connectivity index (χ1n) is 6.09. The van der Waals surface area contributed by atoms with Gasteiger partial charge < -0.3 is 9.88 Å². The second-order valence-electron chi connectivity index (χ2n) is 4.44. The molecule has 0 saturated heterocycles. The monoisotopic (exact) mass is 284 g/mol. The van der Waals surface area contributed by atoms with Crippen LogP contribution in [0.15, 0.2) is 36.5 Å². The smallest absolute Gasteiger partial charge is 0.287 e. The van der Waals surface area contributed by atoms with Gasteiger partial charge in [-0.05, 0) is 12.1 Å². The number of anilines is 1. The molecule has 0 aliphatic heterocycles. The van der Waals surface area contributed by atoms with Crippen LogP contribution in [0.4, 0.5) is 11.4 Å². The predicted octanol–water partition coefficient (Wildman–Crippen LogP) is 2.11. The average molecular weight is 284 g/mol. The number of hydrogen-bond donors (Lipinski definition) is 1. The Morgan fingerprint density at radius 2 is 2.19 bits per heavy atom. The molecule has 0 saturated carbocycles. The molecule has 0 unspecified atom stereocenters. The van der Waals surface area contributed by atoms with Crippen molar-refractivity contribution in [3.05, 3.63) is 57.9 Å². The lowest BCUT2D eigenvalue weighted by Gasteiger charge is -2.19. The molecule has 0 bridgehead atoms. The molecule has 7 heteroatoms. The normalized spacial score (nSPS) is 9.90. The molecular weight excluding hydrogens is 272 g/mol. The Bertz CT molecular complexity index is 730. The van der Waals surface area contributed by atoms with Crippen LogP contribution in [0.1, 0.15) is 16.1 Å². The second kappa shape index (κ2) is 5.88. The fourth-order valence-electron chi connectivity index (χ4n) is 1.94. The third kappa shape index (κ3) is 3.06. The average Bonchev–Trinajstić information content (AvgIpc) is 2.97. The number of nitrogens with zero attached hydrogens (tertiary/aromatic N) is 3. The molecule has 0 spiro atoms. The van der Waals surface area contributed by atoms with Gasteiger partial charge in [0.05, 0.1) is 34.6 Å². The van der Waals surface area contributed by atoms with Gasteiger partial charge in [-0.1, -0.05) is 12.1 Å². The van der Waals surface area contributed by atoms with Crippen LogP contribution in [0.5, 0.6) is 0 Å². The van der Waals surface area contributed by atoms with Crippen molar-refractivity contribution in [2.45, 2.75) is 0 Å². The summed E-state index contributed by atoms with van der Waals surface area (Å²) >= 11 is 0. The SMILES string of the molecule is CN(CC(=O)c1cc([N+](=O)[O-])c[nH]1)c1ccccc1C#N. The second-order valence-corrected chi connectivity index (χ2v) is 4.44. The predicted molar refractivity (Wildman–Crippen MR) is 76.2 cm³/mol. The van der Waals surface area contributed by atoms with Crippen LogP contribution in [0.25, 0.3) is 0 Å². The van der Waals surface area contributed by atoms with Crippen LogP contribution >= 0.6 is 0 Å². The molecule has 1 aromatic heterocycles. The van der Waals surface area contributed by atoms with Crippen molar-refractivity contribution < 1.29 is 9.72 Å². The maximum atomic E-state index is 12.1. The van der Waals surface area contributed by atoms with E-state index in [0.29, 0.717) is 11.3 Å². The zero-order chi connectivity index (χ0) is 15.4. The van der Waals surface area contributed by atoms with Gasteiger partial charge in [0.25, 0.3) is 5.69 Å². The number of nitro groups is 1. The highest BCUT2D eigenvalue weighted by atomic mass is 16.6.